The number of rotatable bonds is 7. The number of nitrogens with zero attached hydrogens (tertiary/aromatic N) is 4. The average molecular weight is 498 g/mol. The van der Waals surface area contributed by atoms with Crippen LogP contribution in [0.5, 0.6) is 0 Å². The molecule has 0 aliphatic heterocycles. The summed E-state index contributed by atoms with van der Waals surface area (Å²) in [6.45, 7) is 1.19. The normalized spacial score (nSPS) is 14.2. The van der Waals surface area contributed by atoms with E-state index in [0.29, 0.717) is 11.9 Å². The largest absolute Gasteiger partial charge is 0.309 e. The Hall–Kier alpha value is -4.55. The van der Waals surface area contributed by atoms with E-state index in [1.54, 1.807) is 10.8 Å². The quantitative estimate of drug-likeness (QED) is 0.315. The SMILES string of the molecule is O=c1c2cncc(-c3ccccc3)c2ccn1Cc1cn2cc(CNC3(c4ccccc4)CC3)ccc2n1. The molecule has 1 saturated carbocycles. The zero-order valence-corrected chi connectivity index (χ0v) is 20.9. The maximum Gasteiger partial charge on any atom is 0.260 e. The van der Waals surface area contributed by atoms with Crippen LogP contribution in [0.3, 0.4) is 0 Å². The summed E-state index contributed by atoms with van der Waals surface area (Å²) in [5, 5.41) is 5.29. The number of fused-ring (bicyclic) bond motifs is 2. The Morgan fingerprint density at radius 3 is 2.42 bits per heavy atom. The van der Waals surface area contributed by atoms with E-state index in [-0.39, 0.29) is 11.1 Å². The van der Waals surface area contributed by atoms with Crippen LogP contribution in [0, 0.1) is 0 Å². The van der Waals surface area contributed by atoms with E-state index in [4.69, 9.17) is 4.98 Å². The Morgan fingerprint density at radius 1 is 0.842 bits per heavy atom. The molecule has 0 amide bonds. The van der Waals surface area contributed by atoms with Crippen LogP contribution in [0.15, 0.2) is 115 Å². The molecule has 2 aromatic carbocycles. The predicted molar refractivity (Wildman–Crippen MR) is 150 cm³/mol. The first-order valence-electron chi connectivity index (χ1n) is 13.0. The van der Waals surface area contributed by atoms with Gasteiger partial charge in [-0.3, -0.25) is 9.78 Å². The first kappa shape index (κ1) is 22.6. The lowest BCUT2D eigenvalue weighted by Gasteiger charge is -2.18. The number of imidazole rings is 1. The molecule has 0 spiro atoms. The van der Waals surface area contributed by atoms with Crippen LogP contribution in [-0.4, -0.2) is 18.9 Å². The minimum atomic E-state index is -0.0645. The van der Waals surface area contributed by atoms with Crippen molar-refractivity contribution in [2.24, 2.45) is 0 Å². The molecular weight excluding hydrogens is 470 g/mol. The summed E-state index contributed by atoms with van der Waals surface area (Å²) >= 11 is 0. The third-order valence-electron chi connectivity index (χ3n) is 7.59. The molecule has 4 aromatic heterocycles. The molecule has 1 N–H and O–H groups in total. The highest BCUT2D eigenvalue weighted by molar-refractivity contribution is 5.95. The molecule has 7 rings (SSSR count). The van der Waals surface area contributed by atoms with Crippen molar-refractivity contribution >= 4 is 16.4 Å². The molecule has 6 heteroatoms. The molecule has 0 atom stereocenters. The number of pyridine rings is 3. The summed E-state index contributed by atoms with van der Waals surface area (Å²) < 4.78 is 3.76. The van der Waals surface area contributed by atoms with Crippen molar-refractivity contribution in [1.82, 2.24) is 24.3 Å². The van der Waals surface area contributed by atoms with Crippen molar-refractivity contribution in [1.29, 1.82) is 0 Å². The molecule has 4 heterocycles. The third kappa shape index (κ3) is 4.09. The summed E-state index contributed by atoms with van der Waals surface area (Å²) in [5.74, 6) is 0. The highest BCUT2D eigenvalue weighted by atomic mass is 16.1. The van der Waals surface area contributed by atoms with Crippen molar-refractivity contribution in [3.63, 3.8) is 0 Å². The second-order valence-corrected chi connectivity index (χ2v) is 10.1. The Bertz CT molecular complexity index is 1820. The van der Waals surface area contributed by atoms with E-state index >= 15 is 0 Å². The zero-order valence-electron chi connectivity index (χ0n) is 20.9. The first-order chi connectivity index (χ1) is 18.7. The van der Waals surface area contributed by atoms with Gasteiger partial charge in [0.2, 0.25) is 0 Å². The second kappa shape index (κ2) is 9.08. The molecule has 38 heavy (non-hydrogen) atoms. The highest BCUT2D eigenvalue weighted by Crippen LogP contribution is 2.45. The topological polar surface area (TPSA) is 64.2 Å². The summed E-state index contributed by atoms with van der Waals surface area (Å²) in [6, 6.07) is 26.9. The number of benzene rings is 2. The Kier molecular flexibility index (Phi) is 5.41. The maximum atomic E-state index is 13.4. The molecule has 0 radical (unpaired) electrons. The molecule has 0 unspecified atom stereocenters. The summed E-state index contributed by atoms with van der Waals surface area (Å²) in [4.78, 5) is 22.5. The van der Waals surface area contributed by atoms with Crippen LogP contribution in [0.2, 0.25) is 0 Å². The average Bonchev–Trinajstić information content (AvgIpc) is 3.66. The number of nitrogens with one attached hydrogen (secondary N) is 1. The van der Waals surface area contributed by atoms with Gasteiger partial charge in [-0.25, -0.2) is 4.98 Å². The molecule has 0 bridgehead atoms. The lowest BCUT2D eigenvalue weighted by molar-refractivity contribution is 0.518. The first-order valence-corrected chi connectivity index (χ1v) is 13.0. The van der Waals surface area contributed by atoms with Crippen LogP contribution < -0.4 is 10.9 Å². The van der Waals surface area contributed by atoms with Crippen molar-refractivity contribution in [2.45, 2.75) is 31.5 Å². The second-order valence-electron chi connectivity index (χ2n) is 10.1. The summed E-state index contributed by atoms with van der Waals surface area (Å²) in [5.41, 5.74) is 6.31. The van der Waals surface area contributed by atoms with E-state index in [0.717, 1.165) is 47.2 Å². The number of hydrogen-bond acceptors (Lipinski definition) is 4. The van der Waals surface area contributed by atoms with Gasteiger partial charge in [-0.05, 0) is 47.1 Å². The van der Waals surface area contributed by atoms with Crippen molar-refractivity contribution in [3.05, 3.63) is 137 Å². The minimum Gasteiger partial charge on any atom is -0.309 e. The Balaban J connectivity index is 1.13. The standard InChI is InChI=1S/C32H27N5O/c38-31-29-19-33-18-28(24-7-3-1-4-8-24)27(29)13-16-36(31)21-26-22-37-20-23(11-12-30(37)35-26)17-34-32(14-15-32)25-9-5-2-6-10-25/h1-13,16,18-20,22,34H,14-15,17,21H2. The predicted octanol–water partition coefficient (Wildman–Crippen LogP) is 5.54. The maximum absolute atomic E-state index is 13.4. The smallest absolute Gasteiger partial charge is 0.260 e. The van der Waals surface area contributed by atoms with Crippen LogP contribution in [0.4, 0.5) is 0 Å². The van der Waals surface area contributed by atoms with Crippen molar-refractivity contribution in [2.75, 3.05) is 0 Å². The molecule has 1 aliphatic rings. The van der Waals surface area contributed by atoms with Crippen LogP contribution in [0.25, 0.3) is 27.5 Å². The zero-order chi connectivity index (χ0) is 25.5. The fraction of sp³-hybridized carbons (Fsp3) is 0.156. The molecule has 1 aliphatic carbocycles. The molecule has 0 saturated heterocycles. The Morgan fingerprint density at radius 2 is 1.63 bits per heavy atom. The Labute approximate surface area is 220 Å². The van der Waals surface area contributed by atoms with Gasteiger partial charge in [-0.15, -0.1) is 0 Å². The summed E-state index contributed by atoms with van der Waals surface area (Å²) in [7, 11) is 0. The highest BCUT2D eigenvalue weighted by Gasteiger charge is 2.43. The van der Waals surface area contributed by atoms with Gasteiger partial charge < -0.3 is 14.3 Å². The van der Waals surface area contributed by atoms with Gasteiger partial charge in [-0.1, -0.05) is 66.7 Å². The van der Waals surface area contributed by atoms with Gasteiger partial charge in [0, 0.05) is 48.6 Å². The van der Waals surface area contributed by atoms with Crippen LogP contribution >= 0.6 is 0 Å². The molecule has 6 nitrogen and oxygen atoms in total. The van der Waals surface area contributed by atoms with E-state index < -0.39 is 0 Å². The number of hydrogen-bond donors (Lipinski definition) is 1. The molecule has 1 fully saturated rings. The van der Waals surface area contributed by atoms with Crippen molar-refractivity contribution < 1.29 is 0 Å². The van der Waals surface area contributed by atoms with Crippen LogP contribution in [-0.2, 0) is 18.6 Å². The van der Waals surface area contributed by atoms with E-state index in [9.17, 15) is 4.79 Å². The summed E-state index contributed by atoms with van der Waals surface area (Å²) in [6.07, 6.45) is 11.8. The van der Waals surface area contributed by atoms with Gasteiger partial charge in [0.25, 0.3) is 5.56 Å². The number of aromatic nitrogens is 4. The molecule has 186 valence electrons. The lowest BCUT2D eigenvalue weighted by atomic mass is 10.0. The lowest BCUT2D eigenvalue weighted by Crippen LogP contribution is -2.28. The minimum absolute atomic E-state index is 0.0645. The van der Waals surface area contributed by atoms with Gasteiger partial charge in [-0.2, -0.15) is 0 Å². The van der Waals surface area contributed by atoms with E-state index in [1.807, 2.05) is 61.1 Å². The van der Waals surface area contributed by atoms with Gasteiger partial charge in [0.05, 0.1) is 17.6 Å². The van der Waals surface area contributed by atoms with Crippen molar-refractivity contribution in [3.8, 4) is 11.1 Å². The fourth-order valence-electron chi connectivity index (χ4n) is 5.35. The van der Waals surface area contributed by atoms with Gasteiger partial charge >= 0.3 is 0 Å². The van der Waals surface area contributed by atoms with E-state index in [1.165, 1.54) is 11.1 Å². The third-order valence-corrected chi connectivity index (χ3v) is 7.59. The van der Waals surface area contributed by atoms with E-state index in [2.05, 4.69) is 57.3 Å². The fourth-order valence-corrected chi connectivity index (χ4v) is 5.35. The monoisotopic (exact) mass is 497 g/mol. The molecular formula is C32H27N5O. The van der Waals surface area contributed by atoms with Gasteiger partial charge in [0.15, 0.2) is 0 Å². The molecule has 6 aromatic rings. The van der Waals surface area contributed by atoms with Crippen LogP contribution in [0.1, 0.15) is 29.7 Å². The van der Waals surface area contributed by atoms with Gasteiger partial charge in [0.1, 0.15) is 5.65 Å².